The molecule has 2 fully saturated rings. The maximum Gasteiger partial charge on any atom is 0.228 e. The summed E-state index contributed by atoms with van der Waals surface area (Å²) in [6.07, 6.45) is 7.05. The fourth-order valence-corrected chi connectivity index (χ4v) is 4.57. The van der Waals surface area contributed by atoms with Gasteiger partial charge in [-0.05, 0) is 72.9 Å². The zero-order chi connectivity index (χ0) is 22.3. The minimum atomic E-state index is -0.219. The normalized spacial score (nSPS) is 17.1. The predicted octanol–water partition coefficient (Wildman–Crippen LogP) is 5.29. The van der Waals surface area contributed by atoms with Gasteiger partial charge in [-0.25, -0.2) is 4.98 Å². The van der Waals surface area contributed by atoms with Crippen LogP contribution in [-0.2, 0) is 4.79 Å². The van der Waals surface area contributed by atoms with Gasteiger partial charge in [0.1, 0.15) is 5.82 Å². The maximum absolute atomic E-state index is 12.9. The lowest BCUT2D eigenvalue weighted by molar-refractivity contribution is -0.117. The molecule has 5 rings (SSSR count). The van der Waals surface area contributed by atoms with E-state index in [1.165, 1.54) is 0 Å². The molecule has 0 bridgehead atoms. The molecule has 5 heteroatoms. The molecule has 1 heterocycles. The number of hydrogen-bond acceptors (Lipinski definition) is 4. The van der Waals surface area contributed by atoms with Crippen molar-refractivity contribution < 1.29 is 14.7 Å². The molecule has 0 saturated heterocycles. The lowest BCUT2D eigenvalue weighted by atomic mass is 9.66. The number of benzene rings is 2. The Kier molecular flexibility index (Phi) is 5.30. The highest BCUT2D eigenvalue weighted by molar-refractivity contribution is 5.99. The van der Waals surface area contributed by atoms with Crippen LogP contribution in [-0.4, -0.2) is 28.4 Å². The van der Waals surface area contributed by atoms with Crippen LogP contribution in [0.1, 0.15) is 54.4 Å². The number of rotatable bonds is 7. The van der Waals surface area contributed by atoms with Crippen LogP contribution < -0.4 is 5.32 Å². The number of hydrogen-bond donors (Lipinski definition) is 2. The molecule has 2 aliphatic carbocycles. The van der Waals surface area contributed by atoms with Crippen molar-refractivity contribution >= 4 is 28.3 Å². The number of pyridine rings is 1. The minimum absolute atomic E-state index is 0.0513. The van der Waals surface area contributed by atoms with Gasteiger partial charge in [0.05, 0.1) is 0 Å². The molecule has 32 heavy (non-hydrogen) atoms. The van der Waals surface area contributed by atoms with Gasteiger partial charge < -0.3 is 10.4 Å². The first-order chi connectivity index (χ1) is 15.5. The number of ketones is 1. The van der Waals surface area contributed by atoms with Crippen molar-refractivity contribution in [2.75, 3.05) is 11.9 Å². The van der Waals surface area contributed by atoms with Gasteiger partial charge in [-0.3, -0.25) is 9.59 Å². The molecule has 5 nitrogen and oxygen atoms in total. The predicted molar refractivity (Wildman–Crippen MR) is 126 cm³/mol. The van der Waals surface area contributed by atoms with Crippen LogP contribution in [0.5, 0.6) is 0 Å². The van der Waals surface area contributed by atoms with Crippen molar-refractivity contribution in [2.45, 2.75) is 45.4 Å². The summed E-state index contributed by atoms with van der Waals surface area (Å²) >= 11 is 0. The number of aromatic nitrogens is 1. The Morgan fingerprint density at radius 2 is 1.91 bits per heavy atom. The van der Waals surface area contributed by atoms with Gasteiger partial charge >= 0.3 is 0 Å². The molecular formula is C27H28N2O3. The molecule has 1 aromatic heterocycles. The number of amides is 1. The monoisotopic (exact) mass is 428 g/mol. The van der Waals surface area contributed by atoms with Gasteiger partial charge in [-0.2, -0.15) is 0 Å². The number of aliphatic hydroxyl groups is 1. The highest BCUT2D eigenvalue weighted by Gasteiger charge is 2.38. The molecule has 0 radical (unpaired) electrons. The Hall–Kier alpha value is -3.05. The first-order valence-corrected chi connectivity index (χ1v) is 11.4. The van der Waals surface area contributed by atoms with E-state index in [9.17, 15) is 14.7 Å². The van der Waals surface area contributed by atoms with Crippen LogP contribution in [0, 0.1) is 18.3 Å². The van der Waals surface area contributed by atoms with Gasteiger partial charge in [0, 0.05) is 41.5 Å². The van der Waals surface area contributed by atoms with E-state index in [2.05, 4.69) is 16.4 Å². The molecule has 0 atom stereocenters. The summed E-state index contributed by atoms with van der Waals surface area (Å²) in [5.41, 5.74) is 3.63. The van der Waals surface area contributed by atoms with Gasteiger partial charge in [0.25, 0.3) is 0 Å². The Morgan fingerprint density at radius 1 is 1.09 bits per heavy atom. The second-order valence-electron chi connectivity index (χ2n) is 9.54. The van der Waals surface area contributed by atoms with Crippen molar-refractivity contribution in [2.24, 2.45) is 11.3 Å². The Morgan fingerprint density at radius 3 is 2.59 bits per heavy atom. The Balaban J connectivity index is 1.40. The van der Waals surface area contributed by atoms with E-state index >= 15 is 0 Å². The quantitative estimate of drug-likeness (QED) is 0.501. The highest BCUT2D eigenvalue weighted by atomic mass is 16.3. The average Bonchev–Trinajstić information content (AvgIpc) is 3.62. The Labute approximate surface area is 187 Å². The maximum atomic E-state index is 12.9. The average molecular weight is 429 g/mol. The highest BCUT2D eigenvalue weighted by Crippen LogP contribution is 2.44. The van der Waals surface area contributed by atoms with Crippen molar-refractivity contribution in [3.63, 3.8) is 0 Å². The van der Waals surface area contributed by atoms with Gasteiger partial charge in [0.15, 0.2) is 5.78 Å². The number of aryl methyl sites for hydroxylation is 1. The van der Waals surface area contributed by atoms with Crippen molar-refractivity contribution in [3.8, 4) is 11.1 Å². The van der Waals surface area contributed by atoms with Crippen LogP contribution in [0.3, 0.4) is 0 Å². The lowest BCUT2D eigenvalue weighted by Gasteiger charge is -2.39. The van der Waals surface area contributed by atoms with Gasteiger partial charge in [-0.15, -0.1) is 0 Å². The molecule has 0 spiro atoms. The zero-order valence-electron chi connectivity index (χ0n) is 18.4. The fourth-order valence-electron chi connectivity index (χ4n) is 4.57. The first-order valence-electron chi connectivity index (χ1n) is 11.4. The molecule has 1 amide bonds. The van der Waals surface area contributed by atoms with Crippen LogP contribution in [0.2, 0.25) is 0 Å². The molecule has 0 unspecified atom stereocenters. The molecule has 164 valence electrons. The third-order valence-electron chi connectivity index (χ3n) is 7.08. The van der Waals surface area contributed by atoms with E-state index in [1.807, 2.05) is 43.3 Å². The number of nitrogens with zero attached hydrogens (tertiary/aromatic N) is 1. The molecule has 2 aromatic carbocycles. The summed E-state index contributed by atoms with van der Waals surface area (Å²) in [4.78, 5) is 29.4. The van der Waals surface area contributed by atoms with E-state index in [1.54, 1.807) is 6.20 Å². The fraction of sp³-hybridized carbons (Fsp3) is 0.370. The number of carbonyl (C=O) groups is 2. The van der Waals surface area contributed by atoms with E-state index < -0.39 is 0 Å². The van der Waals surface area contributed by atoms with E-state index in [0.717, 1.165) is 59.6 Å². The number of Topliss-reactive ketones (excluding diaryl/α,β-unsaturated/α-hetero) is 1. The standard InChI is InChI=1S/C27H28N2O3/c1-17-3-4-21(24(31)14-27(16-30)9-2-10-27)12-23(17)20-8-7-19-13-25(28-15-22(19)11-20)29-26(32)18-5-6-18/h3-4,7-8,11-13,15,18,30H,2,5-6,9-10,14,16H2,1H3,(H,28,29,32). The summed E-state index contributed by atoms with van der Waals surface area (Å²) in [6.45, 7) is 2.13. The van der Waals surface area contributed by atoms with Gasteiger partial charge in [0.2, 0.25) is 5.91 Å². The number of carbonyl (C=O) groups excluding carboxylic acids is 2. The molecule has 2 saturated carbocycles. The van der Waals surface area contributed by atoms with E-state index in [-0.39, 0.29) is 29.6 Å². The first kappa shape index (κ1) is 20.8. The topological polar surface area (TPSA) is 79.3 Å². The molecule has 2 aliphatic rings. The number of fused-ring (bicyclic) bond motifs is 1. The second kappa shape index (κ2) is 8.14. The SMILES string of the molecule is Cc1ccc(C(=O)CC2(CO)CCC2)cc1-c1ccc2cc(NC(=O)C3CC3)ncc2c1. The number of aliphatic hydroxyl groups excluding tert-OH is 1. The number of anilines is 1. The zero-order valence-corrected chi connectivity index (χ0v) is 18.4. The minimum Gasteiger partial charge on any atom is -0.396 e. The van der Waals surface area contributed by atoms with Crippen LogP contribution in [0.15, 0.2) is 48.7 Å². The largest absolute Gasteiger partial charge is 0.396 e. The van der Waals surface area contributed by atoms with Crippen LogP contribution >= 0.6 is 0 Å². The second-order valence-corrected chi connectivity index (χ2v) is 9.54. The number of nitrogens with one attached hydrogen (secondary N) is 1. The lowest BCUT2D eigenvalue weighted by Crippen LogP contribution is -2.35. The summed E-state index contributed by atoms with van der Waals surface area (Å²) in [7, 11) is 0. The third-order valence-corrected chi connectivity index (χ3v) is 7.08. The smallest absolute Gasteiger partial charge is 0.228 e. The molecule has 0 aliphatic heterocycles. The molecule has 3 aromatic rings. The van der Waals surface area contributed by atoms with Crippen molar-refractivity contribution in [1.82, 2.24) is 4.98 Å². The molecular weight excluding hydrogens is 400 g/mol. The van der Waals surface area contributed by atoms with Crippen LogP contribution in [0.25, 0.3) is 21.9 Å². The van der Waals surface area contributed by atoms with Gasteiger partial charge in [-0.1, -0.05) is 30.7 Å². The Bertz CT molecular complexity index is 1200. The van der Waals surface area contributed by atoms with E-state index in [0.29, 0.717) is 17.8 Å². The third kappa shape index (κ3) is 4.05. The summed E-state index contributed by atoms with van der Waals surface area (Å²) < 4.78 is 0. The van der Waals surface area contributed by atoms with Crippen molar-refractivity contribution in [1.29, 1.82) is 0 Å². The molecule has 2 N–H and O–H groups in total. The van der Waals surface area contributed by atoms with Crippen LogP contribution in [0.4, 0.5) is 5.82 Å². The van der Waals surface area contributed by atoms with Crippen molar-refractivity contribution in [3.05, 3.63) is 59.8 Å². The summed E-state index contributed by atoms with van der Waals surface area (Å²) in [5, 5.41) is 14.6. The summed E-state index contributed by atoms with van der Waals surface area (Å²) in [5.74, 6) is 0.873. The van der Waals surface area contributed by atoms with E-state index in [4.69, 9.17) is 0 Å². The summed E-state index contributed by atoms with van der Waals surface area (Å²) in [6, 6.07) is 13.9.